The molecule has 5 nitrogen and oxygen atoms in total. The second-order valence-corrected chi connectivity index (χ2v) is 7.40. The van der Waals surface area contributed by atoms with E-state index in [0.29, 0.717) is 0 Å². The highest BCUT2D eigenvalue weighted by Gasteiger charge is 2.41. The molecule has 26 heavy (non-hydrogen) atoms. The number of fused-ring (bicyclic) bond motifs is 1. The molecule has 0 saturated carbocycles. The van der Waals surface area contributed by atoms with Crippen molar-refractivity contribution < 1.29 is 9.53 Å². The molecule has 1 spiro atoms. The van der Waals surface area contributed by atoms with Crippen molar-refractivity contribution in [3.05, 3.63) is 59.9 Å². The van der Waals surface area contributed by atoms with E-state index in [4.69, 9.17) is 4.74 Å². The molecule has 1 fully saturated rings. The largest absolute Gasteiger partial charge is 0.485 e. The van der Waals surface area contributed by atoms with E-state index < -0.39 is 0 Å². The average Bonchev–Trinajstić information content (AvgIpc) is 2.79. The molecule has 0 radical (unpaired) electrons. The van der Waals surface area contributed by atoms with E-state index in [1.807, 2.05) is 23.4 Å². The predicted molar refractivity (Wildman–Crippen MR) is 99.6 cm³/mol. The zero-order valence-corrected chi connectivity index (χ0v) is 15.2. The van der Waals surface area contributed by atoms with Crippen LogP contribution in [0.25, 0.3) is 0 Å². The molecule has 0 N–H and O–H groups in total. The molecule has 1 aromatic heterocycles. The third kappa shape index (κ3) is 3.58. The van der Waals surface area contributed by atoms with E-state index >= 15 is 0 Å². The van der Waals surface area contributed by atoms with Gasteiger partial charge in [0.2, 0.25) is 5.91 Å². The van der Waals surface area contributed by atoms with Crippen LogP contribution in [0.3, 0.4) is 0 Å². The number of ether oxygens (including phenoxy) is 1. The summed E-state index contributed by atoms with van der Waals surface area (Å²) in [5.41, 5.74) is 2.26. The summed E-state index contributed by atoms with van der Waals surface area (Å²) in [5, 5.41) is 0. The summed E-state index contributed by atoms with van der Waals surface area (Å²) >= 11 is 0. The fraction of sp³-hybridized carbons (Fsp3) is 0.429. The van der Waals surface area contributed by atoms with Gasteiger partial charge >= 0.3 is 0 Å². The van der Waals surface area contributed by atoms with Gasteiger partial charge in [0.15, 0.2) is 0 Å². The van der Waals surface area contributed by atoms with Gasteiger partial charge in [0, 0.05) is 70.4 Å². The second kappa shape index (κ2) is 7.08. The lowest BCUT2D eigenvalue weighted by atomic mass is 9.90. The normalized spacial score (nSPS) is 19.5. The lowest BCUT2D eigenvalue weighted by Crippen LogP contribution is -2.54. The Labute approximate surface area is 154 Å². The highest BCUT2D eigenvalue weighted by molar-refractivity contribution is 5.73. The summed E-state index contributed by atoms with van der Waals surface area (Å²) in [6, 6.07) is 12.5. The highest BCUT2D eigenvalue weighted by atomic mass is 16.5. The fourth-order valence-electron chi connectivity index (χ4n) is 4.05. The predicted octanol–water partition coefficient (Wildman–Crippen LogP) is 2.86. The summed E-state index contributed by atoms with van der Waals surface area (Å²) in [6.45, 7) is 5.79. The first-order chi connectivity index (χ1) is 12.6. The van der Waals surface area contributed by atoms with Gasteiger partial charge < -0.3 is 9.64 Å². The monoisotopic (exact) mass is 351 g/mol. The Morgan fingerprint density at radius 1 is 1.15 bits per heavy atom. The topological polar surface area (TPSA) is 45.7 Å². The molecule has 5 heteroatoms. The number of rotatable bonds is 2. The number of benzene rings is 1. The third-order valence-electron chi connectivity index (χ3n) is 5.48. The average molecular weight is 351 g/mol. The molecule has 0 bridgehead atoms. The van der Waals surface area contributed by atoms with Crippen molar-refractivity contribution in [3.8, 4) is 5.75 Å². The lowest BCUT2D eigenvalue weighted by molar-refractivity contribution is -0.132. The molecule has 3 heterocycles. The Morgan fingerprint density at radius 2 is 1.88 bits per heavy atom. The molecule has 0 aliphatic carbocycles. The number of carbonyl (C=O) groups is 1. The fourth-order valence-corrected chi connectivity index (χ4v) is 4.05. The highest BCUT2D eigenvalue weighted by Crippen LogP contribution is 2.36. The minimum absolute atomic E-state index is 0.155. The second-order valence-electron chi connectivity index (χ2n) is 7.40. The zero-order valence-electron chi connectivity index (χ0n) is 15.2. The van der Waals surface area contributed by atoms with Gasteiger partial charge in [-0.3, -0.25) is 14.7 Å². The molecule has 1 saturated heterocycles. The SMILES string of the molecule is CC(=O)N1CCC2(CC1)CN(Cc1ccncc1)Cc1ccccc1O2. The van der Waals surface area contributed by atoms with Crippen LogP contribution >= 0.6 is 0 Å². The minimum atomic E-state index is -0.231. The molecule has 1 amide bonds. The number of nitrogens with zero attached hydrogens (tertiary/aromatic N) is 3. The van der Waals surface area contributed by atoms with E-state index in [-0.39, 0.29) is 11.5 Å². The van der Waals surface area contributed by atoms with Crippen LogP contribution in [-0.2, 0) is 17.9 Å². The summed E-state index contributed by atoms with van der Waals surface area (Å²) in [5.74, 6) is 1.14. The Hall–Kier alpha value is -2.40. The van der Waals surface area contributed by atoms with E-state index in [9.17, 15) is 4.79 Å². The number of piperidine rings is 1. The number of aromatic nitrogens is 1. The maximum absolute atomic E-state index is 11.7. The van der Waals surface area contributed by atoms with Crippen LogP contribution < -0.4 is 4.74 Å². The van der Waals surface area contributed by atoms with Crippen molar-refractivity contribution in [2.24, 2.45) is 0 Å². The number of likely N-dealkylation sites (tertiary alicyclic amines) is 1. The van der Waals surface area contributed by atoms with Crippen LogP contribution in [0.15, 0.2) is 48.8 Å². The van der Waals surface area contributed by atoms with E-state index in [1.54, 1.807) is 6.92 Å². The molecule has 0 atom stereocenters. The number of hydrogen-bond acceptors (Lipinski definition) is 4. The Morgan fingerprint density at radius 3 is 2.62 bits per heavy atom. The van der Waals surface area contributed by atoms with Gasteiger partial charge in [0.1, 0.15) is 11.4 Å². The molecule has 1 aromatic carbocycles. The van der Waals surface area contributed by atoms with Gasteiger partial charge in [-0.2, -0.15) is 0 Å². The van der Waals surface area contributed by atoms with Crippen LogP contribution in [0, 0.1) is 0 Å². The van der Waals surface area contributed by atoms with Crippen LogP contribution in [0.1, 0.15) is 30.9 Å². The van der Waals surface area contributed by atoms with Crippen LogP contribution in [-0.4, -0.2) is 45.9 Å². The summed E-state index contributed by atoms with van der Waals surface area (Å²) in [7, 11) is 0. The standard InChI is InChI=1S/C21H25N3O2/c1-17(25)24-12-8-21(9-13-24)16-23(14-18-6-10-22-11-7-18)15-19-4-2-3-5-20(19)26-21/h2-7,10-11H,8-9,12-16H2,1H3. The molecule has 136 valence electrons. The quantitative estimate of drug-likeness (QED) is 0.835. The number of para-hydroxylation sites is 1. The smallest absolute Gasteiger partial charge is 0.219 e. The number of pyridine rings is 1. The van der Waals surface area contributed by atoms with Gasteiger partial charge in [0.25, 0.3) is 0 Å². The molecular formula is C21H25N3O2. The third-order valence-corrected chi connectivity index (χ3v) is 5.48. The molecule has 0 unspecified atom stereocenters. The van der Waals surface area contributed by atoms with Gasteiger partial charge in [-0.25, -0.2) is 0 Å². The van der Waals surface area contributed by atoms with Crippen molar-refractivity contribution in [1.29, 1.82) is 0 Å². The number of amides is 1. The summed E-state index contributed by atoms with van der Waals surface area (Å²) in [4.78, 5) is 20.2. The van der Waals surface area contributed by atoms with Crippen LogP contribution in [0.2, 0.25) is 0 Å². The van der Waals surface area contributed by atoms with E-state index in [2.05, 4.69) is 40.2 Å². The molecule has 2 aromatic rings. The minimum Gasteiger partial charge on any atom is -0.485 e. The molecule has 4 rings (SSSR count). The van der Waals surface area contributed by atoms with Crippen LogP contribution in [0.5, 0.6) is 5.75 Å². The van der Waals surface area contributed by atoms with Crippen molar-refractivity contribution in [1.82, 2.24) is 14.8 Å². The van der Waals surface area contributed by atoms with Crippen LogP contribution in [0.4, 0.5) is 0 Å². The van der Waals surface area contributed by atoms with E-state index in [1.165, 1.54) is 11.1 Å². The van der Waals surface area contributed by atoms with Gasteiger partial charge in [-0.05, 0) is 23.8 Å². The summed E-state index contributed by atoms with van der Waals surface area (Å²) < 4.78 is 6.59. The van der Waals surface area contributed by atoms with Crippen molar-refractivity contribution in [2.45, 2.75) is 38.5 Å². The van der Waals surface area contributed by atoms with E-state index in [0.717, 1.165) is 51.3 Å². The molecule has 2 aliphatic heterocycles. The molecular weight excluding hydrogens is 326 g/mol. The Bertz CT molecular complexity index is 770. The zero-order chi connectivity index (χ0) is 18.0. The first-order valence-corrected chi connectivity index (χ1v) is 9.27. The summed E-state index contributed by atoms with van der Waals surface area (Å²) in [6.07, 6.45) is 5.43. The van der Waals surface area contributed by atoms with Crippen molar-refractivity contribution >= 4 is 5.91 Å². The maximum atomic E-state index is 11.7. The number of hydrogen-bond donors (Lipinski definition) is 0. The van der Waals surface area contributed by atoms with Gasteiger partial charge in [-0.15, -0.1) is 0 Å². The Balaban J connectivity index is 1.59. The lowest BCUT2D eigenvalue weighted by Gasteiger charge is -2.42. The first kappa shape index (κ1) is 17.0. The number of carbonyl (C=O) groups excluding carboxylic acids is 1. The van der Waals surface area contributed by atoms with Gasteiger partial charge in [0.05, 0.1) is 0 Å². The molecule has 2 aliphatic rings. The van der Waals surface area contributed by atoms with Crippen molar-refractivity contribution in [3.63, 3.8) is 0 Å². The van der Waals surface area contributed by atoms with Crippen molar-refractivity contribution in [2.75, 3.05) is 19.6 Å². The Kier molecular flexibility index (Phi) is 4.64. The van der Waals surface area contributed by atoms with Gasteiger partial charge in [-0.1, -0.05) is 18.2 Å². The maximum Gasteiger partial charge on any atom is 0.219 e. The first-order valence-electron chi connectivity index (χ1n) is 9.27.